The summed E-state index contributed by atoms with van der Waals surface area (Å²) in [4.78, 5) is 35.0. The Hall–Kier alpha value is -3.16. The number of amides is 2. The maximum atomic E-state index is 13.3. The lowest BCUT2D eigenvalue weighted by Crippen LogP contribution is -2.34. The number of ether oxygens (including phenoxy) is 2. The van der Waals surface area contributed by atoms with E-state index in [1.54, 1.807) is 56.1 Å². The first kappa shape index (κ1) is 28.9. The molecule has 0 heterocycles. The van der Waals surface area contributed by atoms with Crippen molar-refractivity contribution in [2.75, 3.05) is 26.8 Å². The molecule has 12 heteroatoms. The van der Waals surface area contributed by atoms with Gasteiger partial charge in [-0.15, -0.1) is 12.3 Å². The number of imide groups is 1. The molecule has 0 aliphatic carbocycles. The van der Waals surface area contributed by atoms with Crippen LogP contribution in [0.15, 0.2) is 42.6 Å². The molecule has 0 saturated carbocycles. The maximum Gasteiger partial charge on any atom is 0.459 e. The highest BCUT2D eigenvalue weighted by molar-refractivity contribution is 7.52. The third-order valence-corrected chi connectivity index (χ3v) is 5.58. The zero-order valence-corrected chi connectivity index (χ0v) is 20.2. The van der Waals surface area contributed by atoms with Gasteiger partial charge in [0.25, 0.3) is 5.91 Å². The fourth-order valence-corrected chi connectivity index (χ4v) is 3.64. The highest BCUT2D eigenvalue weighted by Crippen LogP contribution is 2.44. The summed E-state index contributed by atoms with van der Waals surface area (Å²) in [6.45, 7) is 2.89. The van der Waals surface area contributed by atoms with Crippen molar-refractivity contribution in [1.29, 1.82) is 0 Å². The molecule has 11 nitrogen and oxygen atoms in total. The van der Waals surface area contributed by atoms with Gasteiger partial charge in [0, 0.05) is 25.7 Å². The molecule has 0 saturated heterocycles. The molecule has 0 aliphatic rings. The molecule has 3 atom stereocenters. The largest absolute Gasteiger partial charge is 0.465 e. The first-order valence-corrected chi connectivity index (χ1v) is 11.9. The number of carbonyl (C=O) groups excluding carboxylic acids is 3. The Bertz CT molecular complexity index is 903. The van der Waals surface area contributed by atoms with E-state index in [4.69, 9.17) is 24.9 Å². The van der Waals surface area contributed by atoms with Gasteiger partial charge in [0.1, 0.15) is 18.5 Å². The maximum absolute atomic E-state index is 13.3. The molecule has 1 aromatic carbocycles. The molecule has 0 aliphatic heterocycles. The number of para-hydroxylation sites is 1. The van der Waals surface area contributed by atoms with Crippen LogP contribution in [-0.4, -0.2) is 62.3 Å². The molecule has 34 heavy (non-hydrogen) atoms. The summed E-state index contributed by atoms with van der Waals surface area (Å²) in [7, 11) is -2.36. The molecular formula is C22H30N3O8P. The number of nitrogens with zero attached hydrogens (tertiary/aromatic N) is 1. The minimum atomic E-state index is -4.01. The van der Waals surface area contributed by atoms with Crippen molar-refractivity contribution in [2.24, 2.45) is 0 Å². The van der Waals surface area contributed by atoms with E-state index in [0.29, 0.717) is 0 Å². The van der Waals surface area contributed by atoms with E-state index in [2.05, 4.69) is 11.0 Å². The molecule has 0 fully saturated rings. The monoisotopic (exact) mass is 495 g/mol. The van der Waals surface area contributed by atoms with E-state index in [1.165, 1.54) is 6.20 Å². The molecule has 1 rings (SSSR count). The first-order valence-electron chi connectivity index (χ1n) is 10.4. The van der Waals surface area contributed by atoms with Crippen molar-refractivity contribution >= 4 is 26.0 Å². The third-order valence-electron chi connectivity index (χ3n) is 4.09. The molecule has 0 spiro atoms. The first-order chi connectivity index (χ1) is 16.2. The molecule has 2 N–H and O–H groups in total. The van der Waals surface area contributed by atoms with Gasteiger partial charge in [0.05, 0.1) is 19.3 Å². The van der Waals surface area contributed by atoms with Crippen LogP contribution < -0.4 is 14.9 Å². The van der Waals surface area contributed by atoms with E-state index in [0.717, 1.165) is 6.08 Å². The fourth-order valence-electron chi connectivity index (χ4n) is 2.34. The number of benzene rings is 1. The zero-order valence-electron chi connectivity index (χ0n) is 19.3. The van der Waals surface area contributed by atoms with E-state index in [-0.39, 0.29) is 31.8 Å². The second-order valence-corrected chi connectivity index (χ2v) is 8.46. The van der Waals surface area contributed by atoms with Gasteiger partial charge >= 0.3 is 13.7 Å². The van der Waals surface area contributed by atoms with Crippen LogP contribution in [0.5, 0.6) is 5.75 Å². The molecule has 186 valence electrons. The minimum Gasteiger partial charge on any atom is -0.465 e. The smallest absolute Gasteiger partial charge is 0.459 e. The van der Waals surface area contributed by atoms with Crippen LogP contribution in [0, 0.1) is 12.3 Å². The topological polar surface area (TPSA) is 132 Å². The van der Waals surface area contributed by atoms with E-state index < -0.39 is 38.5 Å². The molecule has 1 aromatic rings. The summed E-state index contributed by atoms with van der Waals surface area (Å²) < 4.78 is 35.1. The van der Waals surface area contributed by atoms with Crippen molar-refractivity contribution in [1.82, 2.24) is 15.3 Å². The van der Waals surface area contributed by atoms with Crippen LogP contribution in [0.2, 0.25) is 0 Å². The van der Waals surface area contributed by atoms with Crippen molar-refractivity contribution in [3.05, 3.63) is 42.6 Å². The Morgan fingerprint density at radius 1 is 1.29 bits per heavy atom. The Labute approximate surface area is 199 Å². The quantitative estimate of drug-likeness (QED) is 0.0874. The van der Waals surface area contributed by atoms with Gasteiger partial charge in [0.15, 0.2) is 0 Å². The van der Waals surface area contributed by atoms with Crippen LogP contribution in [0.3, 0.4) is 0 Å². The number of terminal acetylenes is 1. The van der Waals surface area contributed by atoms with Crippen molar-refractivity contribution < 1.29 is 37.5 Å². The van der Waals surface area contributed by atoms with E-state index in [1.807, 2.05) is 5.32 Å². The number of hydrogen-bond donors (Lipinski definition) is 2. The number of esters is 1. The van der Waals surface area contributed by atoms with E-state index >= 15 is 0 Å². The van der Waals surface area contributed by atoms with Crippen LogP contribution in [0.1, 0.15) is 20.3 Å². The van der Waals surface area contributed by atoms with Gasteiger partial charge in [-0.3, -0.25) is 24.2 Å². The Kier molecular flexibility index (Phi) is 13.3. The van der Waals surface area contributed by atoms with Gasteiger partial charge in [-0.2, -0.15) is 0 Å². The minimum absolute atomic E-state index is 0.122. The van der Waals surface area contributed by atoms with Gasteiger partial charge in [-0.05, 0) is 26.0 Å². The standard InChI is InChI=1S/C22H30N3O8P/c1-5-10-20(32-18(3)25(4)14-13-21(27)23-17-26)16-31-34(29,24-15-22(28)30-6-2)33-19-11-8-7-9-12-19/h1,7-9,11-14,17-18,20H,6,10,15-16H2,2-4H3,(H,24,29)(H,23,26,27)/b14-13-. The predicted molar refractivity (Wildman–Crippen MR) is 124 cm³/mol. The Morgan fingerprint density at radius 3 is 2.62 bits per heavy atom. The lowest BCUT2D eigenvalue weighted by molar-refractivity contribution is -0.141. The van der Waals surface area contributed by atoms with Gasteiger partial charge in [0.2, 0.25) is 6.41 Å². The van der Waals surface area contributed by atoms with Gasteiger partial charge < -0.3 is 18.9 Å². The average Bonchev–Trinajstić information content (AvgIpc) is 2.81. The molecular weight excluding hydrogens is 465 g/mol. The molecule has 0 bridgehead atoms. The number of nitrogens with one attached hydrogen (secondary N) is 2. The summed E-state index contributed by atoms with van der Waals surface area (Å²) in [6, 6.07) is 8.31. The molecule has 2 amide bonds. The van der Waals surface area contributed by atoms with Gasteiger partial charge in [-0.25, -0.2) is 9.65 Å². The number of rotatable bonds is 16. The lowest BCUT2D eigenvalue weighted by atomic mass is 10.3. The lowest BCUT2D eigenvalue weighted by Gasteiger charge is -2.28. The molecule has 3 unspecified atom stereocenters. The molecule has 0 radical (unpaired) electrons. The van der Waals surface area contributed by atoms with E-state index in [9.17, 15) is 18.9 Å². The second kappa shape index (κ2) is 15.6. The average molecular weight is 495 g/mol. The highest BCUT2D eigenvalue weighted by atomic mass is 31.2. The zero-order chi connectivity index (χ0) is 25.4. The summed E-state index contributed by atoms with van der Waals surface area (Å²) in [5, 5.41) is 4.46. The predicted octanol–water partition coefficient (Wildman–Crippen LogP) is 1.82. The van der Waals surface area contributed by atoms with Crippen molar-refractivity contribution in [3.63, 3.8) is 0 Å². The Morgan fingerprint density at radius 2 is 2.00 bits per heavy atom. The van der Waals surface area contributed by atoms with Crippen LogP contribution in [-0.2, 0) is 32.9 Å². The third kappa shape index (κ3) is 11.6. The second-order valence-electron chi connectivity index (χ2n) is 6.71. The Balaban J connectivity index is 2.84. The number of hydrogen-bond acceptors (Lipinski definition) is 9. The van der Waals surface area contributed by atoms with Crippen molar-refractivity contribution in [2.45, 2.75) is 32.6 Å². The summed E-state index contributed by atoms with van der Waals surface area (Å²) >= 11 is 0. The number of carbonyl (C=O) groups is 3. The van der Waals surface area contributed by atoms with Crippen LogP contribution in [0.25, 0.3) is 0 Å². The van der Waals surface area contributed by atoms with Gasteiger partial charge in [-0.1, -0.05) is 18.2 Å². The summed E-state index contributed by atoms with van der Waals surface area (Å²) in [5.41, 5.74) is 0. The summed E-state index contributed by atoms with van der Waals surface area (Å²) in [6.07, 6.45) is 7.14. The highest BCUT2D eigenvalue weighted by Gasteiger charge is 2.30. The SMILES string of the molecule is C#CCC(COP(=O)(NCC(=O)OCC)Oc1ccccc1)OC(C)N(C)/C=C\C(=O)NC=O. The normalized spacial score (nSPS) is 14.3. The van der Waals surface area contributed by atoms with Crippen molar-refractivity contribution in [3.8, 4) is 18.1 Å². The van der Waals surface area contributed by atoms with Crippen LogP contribution >= 0.6 is 7.75 Å². The molecule has 0 aromatic heterocycles. The fraction of sp³-hybridized carbons (Fsp3) is 0.409. The summed E-state index contributed by atoms with van der Waals surface area (Å²) in [5.74, 6) is 1.51. The van der Waals surface area contributed by atoms with Crippen LogP contribution in [0.4, 0.5) is 0 Å².